The quantitative estimate of drug-likeness (QED) is 0.729. The van der Waals surface area contributed by atoms with E-state index in [1.165, 1.54) is 5.56 Å². The van der Waals surface area contributed by atoms with Gasteiger partial charge in [0, 0.05) is 11.8 Å². The molecular weight excluding hydrogens is 184 g/mol. The second kappa shape index (κ2) is 4.61. The highest BCUT2D eigenvalue weighted by atomic mass is 16.1. The third kappa shape index (κ3) is 2.47. The van der Waals surface area contributed by atoms with Gasteiger partial charge in [0.25, 0.3) is 0 Å². The molecule has 0 bridgehead atoms. The molecule has 0 saturated carbocycles. The lowest BCUT2D eigenvalue weighted by Gasteiger charge is -2.30. The number of rotatable bonds is 4. The Labute approximate surface area is 92.5 Å². The van der Waals surface area contributed by atoms with Crippen LogP contribution in [0.4, 0.5) is 0 Å². The zero-order valence-corrected chi connectivity index (χ0v) is 10.1. The fourth-order valence-corrected chi connectivity index (χ4v) is 1.86. The summed E-state index contributed by atoms with van der Waals surface area (Å²) in [5, 5.41) is 0. The van der Waals surface area contributed by atoms with E-state index in [0.29, 0.717) is 12.2 Å². The van der Waals surface area contributed by atoms with Crippen LogP contribution in [-0.4, -0.2) is 5.78 Å². The predicted molar refractivity (Wildman–Crippen MR) is 63.9 cm³/mol. The SMILES string of the molecule is CCC(=O)C(C)(C)C(C)c1ccccc1. The maximum atomic E-state index is 11.8. The standard InChI is InChI=1S/C14H20O/c1-5-13(15)14(3,4)11(2)12-9-7-6-8-10-12/h6-11H,5H2,1-4H3. The molecular formula is C14H20O. The van der Waals surface area contributed by atoms with Crippen molar-refractivity contribution in [3.8, 4) is 0 Å². The summed E-state index contributed by atoms with van der Waals surface area (Å²) in [5.74, 6) is 0.602. The molecule has 0 spiro atoms. The van der Waals surface area contributed by atoms with Crippen molar-refractivity contribution < 1.29 is 4.79 Å². The largest absolute Gasteiger partial charge is 0.299 e. The molecule has 0 saturated heterocycles. The van der Waals surface area contributed by atoms with E-state index in [1.807, 2.05) is 39.0 Å². The molecule has 15 heavy (non-hydrogen) atoms. The molecule has 0 aromatic heterocycles. The second-order valence-corrected chi connectivity index (χ2v) is 4.63. The summed E-state index contributed by atoms with van der Waals surface area (Å²) in [6.45, 7) is 8.14. The van der Waals surface area contributed by atoms with Crippen molar-refractivity contribution in [2.75, 3.05) is 0 Å². The molecule has 1 aromatic rings. The Morgan fingerprint density at radius 1 is 1.27 bits per heavy atom. The van der Waals surface area contributed by atoms with Crippen LogP contribution >= 0.6 is 0 Å². The summed E-state index contributed by atoms with van der Waals surface area (Å²) in [6.07, 6.45) is 0.615. The molecule has 1 rings (SSSR count). The van der Waals surface area contributed by atoms with E-state index in [4.69, 9.17) is 0 Å². The lowest BCUT2D eigenvalue weighted by atomic mass is 9.72. The number of hydrogen-bond acceptors (Lipinski definition) is 1. The van der Waals surface area contributed by atoms with Crippen molar-refractivity contribution in [1.82, 2.24) is 0 Å². The third-order valence-corrected chi connectivity index (χ3v) is 3.42. The van der Waals surface area contributed by atoms with Crippen LogP contribution in [0, 0.1) is 5.41 Å². The van der Waals surface area contributed by atoms with Crippen molar-refractivity contribution >= 4 is 5.78 Å². The molecule has 0 aliphatic rings. The predicted octanol–water partition coefficient (Wildman–Crippen LogP) is 3.80. The molecule has 1 unspecified atom stereocenters. The minimum absolute atomic E-state index is 0.268. The number of Topliss-reactive ketones (excluding diaryl/α,β-unsaturated/α-hetero) is 1. The van der Waals surface area contributed by atoms with Gasteiger partial charge in [-0.15, -0.1) is 0 Å². The van der Waals surface area contributed by atoms with Crippen molar-refractivity contribution in [3.05, 3.63) is 35.9 Å². The number of benzene rings is 1. The molecule has 0 radical (unpaired) electrons. The Morgan fingerprint density at radius 2 is 1.80 bits per heavy atom. The van der Waals surface area contributed by atoms with Crippen LogP contribution in [0.5, 0.6) is 0 Å². The number of carbonyl (C=O) groups is 1. The molecule has 1 aromatic carbocycles. The fraction of sp³-hybridized carbons (Fsp3) is 0.500. The molecule has 0 aliphatic heterocycles. The summed E-state index contributed by atoms with van der Waals surface area (Å²) in [7, 11) is 0. The topological polar surface area (TPSA) is 17.1 Å². The van der Waals surface area contributed by atoms with Gasteiger partial charge in [0.15, 0.2) is 0 Å². The first-order valence-corrected chi connectivity index (χ1v) is 5.58. The van der Waals surface area contributed by atoms with Crippen LogP contribution in [0.25, 0.3) is 0 Å². The van der Waals surface area contributed by atoms with Crippen LogP contribution in [0.2, 0.25) is 0 Å². The average Bonchev–Trinajstić information content (AvgIpc) is 2.28. The molecule has 0 N–H and O–H groups in total. The van der Waals surface area contributed by atoms with Gasteiger partial charge >= 0.3 is 0 Å². The van der Waals surface area contributed by atoms with Crippen LogP contribution in [0.15, 0.2) is 30.3 Å². The van der Waals surface area contributed by atoms with E-state index in [2.05, 4.69) is 19.1 Å². The van der Waals surface area contributed by atoms with Gasteiger partial charge in [-0.2, -0.15) is 0 Å². The third-order valence-electron chi connectivity index (χ3n) is 3.42. The first-order valence-electron chi connectivity index (χ1n) is 5.58. The van der Waals surface area contributed by atoms with Crippen LogP contribution in [0.3, 0.4) is 0 Å². The lowest BCUT2D eigenvalue weighted by molar-refractivity contribution is -0.127. The molecule has 1 atom stereocenters. The zero-order chi connectivity index (χ0) is 11.5. The lowest BCUT2D eigenvalue weighted by Crippen LogP contribution is -2.29. The zero-order valence-electron chi connectivity index (χ0n) is 10.1. The van der Waals surface area contributed by atoms with Crippen LogP contribution < -0.4 is 0 Å². The van der Waals surface area contributed by atoms with E-state index in [1.54, 1.807) is 0 Å². The van der Waals surface area contributed by atoms with Gasteiger partial charge in [-0.05, 0) is 11.5 Å². The van der Waals surface area contributed by atoms with E-state index < -0.39 is 0 Å². The Bertz CT molecular complexity index is 324. The number of ketones is 1. The highest BCUT2D eigenvalue weighted by Crippen LogP contribution is 2.36. The summed E-state index contributed by atoms with van der Waals surface area (Å²) >= 11 is 0. The minimum atomic E-state index is -0.268. The Morgan fingerprint density at radius 3 is 2.27 bits per heavy atom. The number of carbonyl (C=O) groups excluding carboxylic acids is 1. The molecule has 1 heteroatoms. The normalized spacial score (nSPS) is 13.6. The molecule has 0 fully saturated rings. The summed E-state index contributed by atoms with van der Waals surface area (Å²) in [5.41, 5.74) is 0.972. The average molecular weight is 204 g/mol. The van der Waals surface area contributed by atoms with Crippen molar-refractivity contribution in [2.24, 2.45) is 5.41 Å². The monoisotopic (exact) mass is 204 g/mol. The van der Waals surface area contributed by atoms with Gasteiger partial charge in [-0.3, -0.25) is 4.79 Å². The Hall–Kier alpha value is -1.11. The molecule has 0 aliphatic carbocycles. The van der Waals surface area contributed by atoms with Gasteiger partial charge in [-0.25, -0.2) is 0 Å². The van der Waals surface area contributed by atoms with Crippen LogP contribution in [0.1, 0.15) is 45.6 Å². The minimum Gasteiger partial charge on any atom is -0.299 e. The highest BCUT2D eigenvalue weighted by Gasteiger charge is 2.32. The number of hydrogen-bond donors (Lipinski definition) is 0. The van der Waals surface area contributed by atoms with E-state index in [9.17, 15) is 4.79 Å². The molecule has 1 nitrogen and oxygen atoms in total. The second-order valence-electron chi connectivity index (χ2n) is 4.63. The summed E-state index contributed by atoms with van der Waals surface area (Å²) in [6, 6.07) is 10.2. The Kier molecular flexibility index (Phi) is 3.67. The van der Waals surface area contributed by atoms with Gasteiger partial charge in [0.1, 0.15) is 5.78 Å². The van der Waals surface area contributed by atoms with E-state index >= 15 is 0 Å². The van der Waals surface area contributed by atoms with E-state index in [-0.39, 0.29) is 11.3 Å². The molecule has 82 valence electrons. The highest BCUT2D eigenvalue weighted by molar-refractivity contribution is 5.84. The summed E-state index contributed by atoms with van der Waals surface area (Å²) in [4.78, 5) is 11.8. The van der Waals surface area contributed by atoms with Gasteiger partial charge in [-0.1, -0.05) is 58.0 Å². The van der Waals surface area contributed by atoms with Gasteiger partial charge in [0.2, 0.25) is 0 Å². The smallest absolute Gasteiger partial charge is 0.138 e. The van der Waals surface area contributed by atoms with E-state index in [0.717, 1.165) is 0 Å². The van der Waals surface area contributed by atoms with Crippen molar-refractivity contribution in [3.63, 3.8) is 0 Å². The van der Waals surface area contributed by atoms with Crippen LogP contribution in [-0.2, 0) is 4.79 Å². The first-order chi connectivity index (χ1) is 7.00. The maximum Gasteiger partial charge on any atom is 0.138 e. The molecule has 0 heterocycles. The first kappa shape index (κ1) is 12.0. The van der Waals surface area contributed by atoms with Crippen molar-refractivity contribution in [2.45, 2.75) is 40.0 Å². The summed E-state index contributed by atoms with van der Waals surface area (Å²) < 4.78 is 0. The Balaban J connectivity index is 2.94. The maximum absolute atomic E-state index is 11.8. The van der Waals surface area contributed by atoms with Crippen molar-refractivity contribution in [1.29, 1.82) is 0 Å². The fourth-order valence-electron chi connectivity index (χ4n) is 1.86. The van der Waals surface area contributed by atoms with Gasteiger partial charge < -0.3 is 0 Å². The van der Waals surface area contributed by atoms with Gasteiger partial charge in [0.05, 0.1) is 0 Å². The molecule has 0 amide bonds.